The average molecular weight is 263 g/mol. The van der Waals surface area contributed by atoms with Crippen molar-refractivity contribution in [2.45, 2.75) is 55.8 Å². The van der Waals surface area contributed by atoms with Gasteiger partial charge in [0.1, 0.15) is 5.54 Å². The van der Waals surface area contributed by atoms with Gasteiger partial charge in [0.25, 0.3) is 0 Å². The number of thioether (sulfide) groups is 1. The van der Waals surface area contributed by atoms with Crippen LogP contribution in [0.25, 0.3) is 0 Å². The summed E-state index contributed by atoms with van der Waals surface area (Å²) in [6.45, 7) is 8.26. The number of nitriles is 1. The molecule has 0 radical (unpaired) electrons. The molecule has 2 unspecified atom stereocenters. The van der Waals surface area contributed by atoms with Crippen molar-refractivity contribution < 1.29 is 0 Å². The van der Waals surface area contributed by atoms with E-state index < -0.39 is 5.54 Å². The maximum Gasteiger partial charge on any atom is 0.105 e. The molecule has 1 heterocycles. The molecule has 1 rings (SSSR count). The first-order valence-corrected chi connectivity index (χ1v) is 7.09. The molecule has 0 aliphatic heterocycles. The van der Waals surface area contributed by atoms with Crippen LogP contribution in [0.5, 0.6) is 0 Å². The third kappa shape index (κ3) is 5.07. The van der Waals surface area contributed by atoms with Crippen LogP contribution in [0.3, 0.4) is 0 Å². The number of pyridine rings is 1. The molecule has 2 atom stereocenters. The highest BCUT2D eigenvalue weighted by Gasteiger charge is 2.27. The second kappa shape index (κ2) is 6.77. The Morgan fingerprint density at radius 1 is 1.39 bits per heavy atom. The molecule has 0 fully saturated rings. The Labute approximate surface area is 114 Å². The smallest absolute Gasteiger partial charge is 0.105 e. The van der Waals surface area contributed by atoms with Crippen LogP contribution in [-0.2, 0) is 0 Å². The number of nitrogens with zero attached hydrogens (tertiary/aromatic N) is 2. The van der Waals surface area contributed by atoms with Gasteiger partial charge in [0, 0.05) is 28.6 Å². The van der Waals surface area contributed by atoms with E-state index in [0.717, 1.165) is 6.42 Å². The quantitative estimate of drug-likeness (QED) is 0.801. The Bertz CT molecular complexity index is 399. The fraction of sp³-hybridized carbons (Fsp3) is 0.571. The molecule has 1 aromatic rings. The van der Waals surface area contributed by atoms with E-state index in [1.165, 1.54) is 4.90 Å². The van der Waals surface area contributed by atoms with Gasteiger partial charge in [0.15, 0.2) is 0 Å². The number of rotatable bonds is 6. The lowest BCUT2D eigenvalue weighted by Crippen LogP contribution is -2.46. The lowest BCUT2D eigenvalue weighted by Gasteiger charge is -2.28. The summed E-state index contributed by atoms with van der Waals surface area (Å²) in [4.78, 5) is 5.20. The molecule has 98 valence electrons. The van der Waals surface area contributed by atoms with Crippen molar-refractivity contribution in [2.75, 3.05) is 0 Å². The van der Waals surface area contributed by atoms with Gasteiger partial charge in [-0.15, -0.1) is 11.8 Å². The predicted molar refractivity (Wildman–Crippen MR) is 76.5 cm³/mol. The van der Waals surface area contributed by atoms with Crippen LogP contribution in [0.1, 0.15) is 34.1 Å². The van der Waals surface area contributed by atoms with Crippen molar-refractivity contribution in [1.82, 2.24) is 10.3 Å². The van der Waals surface area contributed by atoms with Gasteiger partial charge in [-0.3, -0.25) is 10.3 Å². The largest absolute Gasteiger partial charge is 0.297 e. The highest BCUT2D eigenvalue weighted by Crippen LogP contribution is 2.28. The van der Waals surface area contributed by atoms with E-state index in [2.05, 4.69) is 37.1 Å². The summed E-state index contributed by atoms with van der Waals surface area (Å²) in [5.74, 6) is 0. The van der Waals surface area contributed by atoms with E-state index >= 15 is 0 Å². The normalized spacial score (nSPS) is 16.0. The van der Waals surface area contributed by atoms with E-state index in [1.54, 1.807) is 24.2 Å². The van der Waals surface area contributed by atoms with Crippen molar-refractivity contribution in [1.29, 1.82) is 5.26 Å². The van der Waals surface area contributed by atoms with Gasteiger partial charge in [-0.05, 0) is 39.3 Å². The van der Waals surface area contributed by atoms with Crippen LogP contribution in [0, 0.1) is 11.3 Å². The number of hydrogen-bond acceptors (Lipinski definition) is 4. The Morgan fingerprint density at radius 3 is 2.50 bits per heavy atom. The molecule has 4 heteroatoms. The minimum absolute atomic E-state index is 0.313. The Hall–Kier alpha value is -1.05. The SMILES string of the molecule is CC(C)NC(C)(C#N)CC(C)Sc1ccncc1. The van der Waals surface area contributed by atoms with Crippen molar-refractivity contribution in [3.63, 3.8) is 0 Å². The van der Waals surface area contributed by atoms with E-state index in [9.17, 15) is 5.26 Å². The van der Waals surface area contributed by atoms with Crippen molar-refractivity contribution in [3.05, 3.63) is 24.5 Å². The topological polar surface area (TPSA) is 48.7 Å². The van der Waals surface area contributed by atoms with Gasteiger partial charge in [0.05, 0.1) is 6.07 Å². The van der Waals surface area contributed by atoms with Gasteiger partial charge < -0.3 is 0 Å². The summed E-state index contributed by atoms with van der Waals surface area (Å²) in [5, 5.41) is 13.0. The predicted octanol–water partition coefficient (Wildman–Crippen LogP) is 3.23. The van der Waals surface area contributed by atoms with E-state index in [0.29, 0.717) is 11.3 Å². The Balaban J connectivity index is 2.58. The minimum Gasteiger partial charge on any atom is -0.297 e. The fourth-order valence-electron chi connectivity index (χ4n) is 2.04. The van der Waals surface area contributed by atoms with Crippen LogP contribution in [0.2, 0.25) is 0 Å². The monoisotopic (exact) mass is 263 g/mol. The maximum atomic E-state index is 9.32. The van der Waals surface area contributed by atoms with Crippen molar-refractivity contribution in [2.24, 2.45) is 0 Å². The zero-order valence-corrected chi connectivity index (χ0v) is 12.3. The molecule has 1 N–H and O–H groups in total. The molecule has 0 amide bonds. The molecule has 0 saturated carbocycles. The van der Waals surface area contributed by atoms with Crippen LogP contribution in [-0.4, -0.2) is 21.8 Å². The molecule has 0 aromatic carbocycles. The van der Waals surface area contributed by atoms with Crippen LogP contribution in [0.4, 0.5) is 0 Å². The zero-order valence-electron chi connectivity index (χ0n) is 11.5. The van der Waals surface area contributed by atoms with E-state index in [-0.39, 0.29) is 0 Å². The highest BCUT2D eigenvalue weighted by atomic mass is 32.2. The van der Waals surface area contributed by atoms with Gasteiger partial charge in [-0.2, -0.15) is 5.26 Å². The summed E-state index contributed by atoms with van der Waals surface area (Å²) in [6.07, 6.45) is 4.41. The number of hydrogen-bond donors (Lipinski definition) is 1. The lowest BCUT2D eigenvalue weighted by atomic mass is 9.97. The fourth-order valence-corrected chi connectivity index (χ4v) is 3.20. The number of aromatic nitrogens is 1. The molecule has 0 spiro atoms. The Morgan fingerprint density at radius 2 is 2.00 bits per heavy atom. The highest BCUT2D eigenvalue weighted by molar-refractivity contribution is 7.99. The van der Waals surface area contributed by atoms with Crippen molar-refractivity contribution >= 4 is 11.8 Å². The molecule has 0 aliphatic carbocycles. The molecule has 0 aliphatic rings. The molecule has 0 bridgehead atoms. The summed E-state index contributed by atoms with van der Waals surface area (Å²) < 4.78 is 0. The summed E-state index contributed by atoms with van der Waals surface area (Å²) in [5.41, 5.74) is -0.465. The average Bonchev–Trinajstić information content (AvgIpc) is 2.28. The first-order chi connectivity index (χ1) is 8.45. The number of nitrogens with one attached hydrogen (secondary N) is 1. The van der Waals surface area contributed by atoms with Gasteiger partial charge >= 0.3 is 0 Å². The second-order valence-electron chi connectivity index (χ2n) is 5.06. The zero-order chi connectivity index (χ0) is 13.6. The molecule has 1 aromatic heterocycles. The van der Waals surface area contributed by atoms with Gasteiger partial charge in [-0.1, -0.05) is 6.92 Å². The first kappa shape index (κ1) is 15.0. The van der Waals surface area contributed by atoms with Crippen LogP contribution >= 0.6 is 11.8 Å². The Kier molecular flexibility index (Phi) is 5.64. The summed E-state index contributed by atoms with van der Waals surface area (Å²) in [7, 11) is 0. The third-order valence-electron chi connectivity index (χ3n) is 2.54. The minimum atomic E-state index is -0.465. The van der Waals surface area contributed by atoms with Crippen LogP contribution < -0.4 is 5.32 Å². The van der Waals surface area contributed by atoms with Crippen molar-refractivity contribution in [3.8, 4) is 6.07 Å². The summed E-state index contributed by atoms with van der Waals surface area (Å²) >= 11 is 1.78. The molecule has 0 saturated heterocycles. The van der Waals surface area contributed by atoms with Gasteiger partial charge in [0.2, 0.25) is 0 Å². The maximum absolute atomic E-state index is 9.32. The standard InChI is InChI=1S/C14H21N3S/c1-11(2)17-14(4,10-15)9-12(3)18-13-5-7-16-8-6-13/h5-8,11-12,17H,9H2,1-4H3. The summed E-state index contributed by atoms with van der Waals surface area (Å²) in [6, 6.07) is 6.70. The van der Waals surface area contributed by atoms with E-state index in [4.69, 9.17) is 0 Å². The van der Waals surface area contributed by atoms with Gasteiger partial charge in [-0.25, -0.2) is 0 Å². The molecule has 18 heavy (non-hydrogen) atoms. The van der Waals surface area contributed by atoms with E-state index in [1.807, 2.05) is 19.1 Å². The first-order valence-electron chi connectivity index (χ1n) is 6.21. The second-order valence-corrected chi connectivity index (χ2v) is 6.57. The molecular weight excluding hydrogens is 242 g/mol. The lowest BCUT2D eigenvalue weighted by molar-refractivity contribution is 0.382. The third-order valence-corrected chi connectivity index (χ3v) is 3.65. The molecule has 3 nitrogen and oxygen atoms in total. The molecular formula is C14H21N3S. The van der Waals surface area contributed by atoms with Crippen LogP contribution in [0.15, 0.2) is 29.4 Å².